The van der Waals surface area contributed by atoms with Crippen molar-refractivity contribution in [3.63, 3.8) is 0 Å². The molecule has 0 amide bonds. The van der Waals surface area contributed by atoms with Gasteiger partial charge < -0.3 is 0 Å². The van der Waals surface area contributed by atoms with Crippen LogP contribution in [0.1, 0.15) is 65.2 Å². The van der Waals surface area contributed by atoms with Gasteiger partial charge in [0.2, 0.25) is 0 Å². The topological polar surface area (TPSA) is 0 Å². The lowest BCUT2D eigenvalue weighted by molar-refractivity contribution is 0.0693. The number of rotatable bonds is 4. The van der Waals surface area contributed by atoms with E-state index in [4.69, 9.17) is 0 Å². The van der Waals surface area contributed by atoms with Gasteiger partial charge in [-0.1, -0.05) is 33.1 Å². The van der Waals surface area contributed by atoms with Gasteiger partial charge in [0.1, 0.15) is 0 Å². The first-order valence-corrected chi connectivity index (χ1v) is 7.41. The molecule has 2 fully saturated rings. The van der Waals surface area contributed by atoms with Crippen molar-refractivity contribution in [3.05, 3.63) is 0 Å². The summed E-state index contributed by atoms with van der Waals surface area (Å²) in [4.78, 5) is 0. The summed E-state index contributed by atoms with van der Waals surface area (Å²) in [5.41, 5.74) is 0.795. The van der Waals surface area contributed by atoms with Gasteiger partial charge in [-0.3, -0.25) is 0 Å². The predicted octanol–water partition coefficient (Wildman–Crippen LogP) is 4.63. The van der Waals surface area contributed by atoms with E-state index < -0.39 is 0 Å². The van der Waals surface area contributed by atoms with E-state index >= 15 is 0 Å². The average Bonchev–Trinajstić information content (AvgIpc) is 2.44. The summed E-state index contributed by atoms with van der Waals surface area (Å²) in [7, 11) is 0. The Labute approximate surface area is 93.2 Å². The summed E-state index contributed by atoms with van der Waals surface area (Å²) in [6.45, 7) is 4.73. The standard InChI is InChI=1S/C13H24S/c1-3-6-13(7-4-2)12(8-5-9-12)10-11-14-13/h3-11H2,1-2H3. The van der Waals surface area contributed by atoms with Crippen LogP contribution in [0.15, 0.2) is 0 Å². The van der Waals surface area contributed by atoms with Gasteiger partial charge in [0.15, 0.2) is 0 Å². The molecular formula is C13H24S. The summed E-state index contributed by atoms with van der Waals surface area (Å²) >= 11 is 2.32. The fourth-order valence-electron chi connectivity index (χ4n) is 3.74. The van der Waals surface area contributed by atoms with E-state index in [2.05, 4.69) is 25.6 Å². The molecule has 1 aliphatic carbocycles. The lowest BCUT2D eigenvalue weighted by Gasteiger charge is -2.52. The molecule has 0 N–H and O–H groups in total. The average molecular weight is 212 g/mol. The minimum Gasteiger partial charge on any atom is -0.155 e. The first-order valence-electron chi connectivity index (χ1n) is 6.42. The van der Waals surface area contributed by atoms with Gasteiger partial charge in [-0.05, 0) is 43.3 Å². The molecule has 0 aromatic heterocycles. The molecule has 2 rings (SSSR count). The zero-order valence-corrected chi connectivity index (χ0v) is 10.6. The van der Waals surface area contributed by atoms with Crippen molar-refractivity contribution in [2.75, 3.05) is 5.75 Å². The third-order valence-electron chi connectivity index (χ3n) is 4.54. The fraction of sp³-hybridized carbons (Fsp3) is 1.00. The normalized spacial score (nSPS) is 27.9. The lowest BCUT2D eigenvalue weighted by Crippen LogP contribution is -2.46. The molecule has 1 heterocycles. The van der Waals surface area contributed by atoms with Crippen molar-refractivity contribution >= 4 is 11.8 Å². The molecule has 0 bridgehead atoms. The second kappa shape index (κ2) is 4.08. The van der Waals surface area contributed by atoms with E-state index in [1.165, 1.54) is 44.3 Å². The van der Waals surface area contributed by atoms with Gasteiger partial charge in [-0.15, -0.1) is 0 Å². The van der Waals surface area contributed by atoms with Gasteiger partial charge in [0, 0.05) is 4.75 Å². The molecule has 0 radical (unpaired) electrons. The summed E-state index contributed by atoms with van der Waals surface area (Å²) < 4.78 is 0.703. The number of thioether (sulfide) groups is 1. The zero-order chi connectivity index (χ0) is 10.1. The minimum atomic E-state index is 0.703. The van der Waals surface area contributed by atoms with E-state index in [1.807, 2.05) is 0 Å². The third kappa shape index (κ3) is 1.43. The Morgan fingerprint density at radius 3 is 2.07 bits per heavy atom. The van der Waals surface area contributed by atoms with Crippen molar-refractivity contribution < 1.29 is 0 Å². The molecule has 1 saturated heterocycles. The Hall–Kier alpha value is 0.350. The van der Waals surface area contributed by atoms with Crippen LogP contribution in [-0.4, -0.2) is 10.5 Å². The van der Waals surface area contributed by atoms with Crippen LogP contribution < -0.4 is 0 Å². The molecule has 1 spiro atoms. The molecule has 0 aromatic carbocycles. The Kier molecular flexibility index (Phi) is 3.16. The fourth-order valence-corrected chi connectivity index (χ4v) is 5.93. The third-order valence-corrected chi connectivity index (χ3v) is 6.35. The van der Waals surface area contributed by atoms with Gasteiger partial charge in [-0.2, -0.15) is 11.8 Å². The van der Waals surface area contributed by atoms with Crippen molar-refractivity contribution in [1.29, 1.82) is 0 Å². The first-order chi connectivity index (χ1) is 6.79. The van der Waals surface area contributed by atoms with Crippen LogP contribution in [0.4, 0.5) is 0 Å². The highest BCUT2D eigenvalue weighted by Crippen LogP contribution is 2.65. The molecule has 0 unspecified atom stereocenters. The maximum atomic E-state index is 2.36. The summed E-state index contributed by atoms with van der Waals surface area (Å²) in [5.74, 6) is 1.44. The van der Waals surface area contributed by atoms with Gasteiger partial charge in [0.25, 0.3) is 0 Å². The predicted molar refractivity (Wildman–Crippen MR) is 65.9 cm³/mol. The molecule has 0 atom stereocenters. The molecule has 14 heavy (non-hydrogen) atoms. The number of hydrogen-bond donors (Lipinski definition) is 0. The highest BCUT2D eigenvalue weighted by atomic mass is 32.2. The largest absolute Gasteiger partial charge is 0.155 e. The Morgan fingerprint density at radius 2 is 1.64 bits per heavy atom. The van der Waals surface area contributed by atoms with Crippen molar-refractivity contribution in [2.45, 2.75) is 70.0 Å². The molecular weight excluding hydrogens is 188 g/mol. The highest BCUT2D eigenvalue weighted by molar-refractivity contribution is 8.01. The second-order valence-electron chi connectivity index (χ2n) is 5.23. The maximum absolute atomic E-state index is 2.36. The van der Waals surface area contributed by atoms with E-state index in [0.717, 1.165) is 5.41 Å². The molecule has 1 aliphatic heterocycles. The minimum absolute atomic E-state index is 0.703. The molecule has 1 heteroatoms. The molecule has 1 saturated carbocycles. The van der Waals surface area contributed by atoms with Crippen molar-refractivity contribution in [2.24, 2.45) is 5.41 Å². The smallest absolute Gasteiger partial charge is 0.0216 e. The van der Waals surface area contributed by atoms with Crippen LogP contribution in [0.3, 0.4) is 0 Å². The quantitative estimate of drug-likeness (QED) is 0.654. The van der Waals surface area contributed by atoms with E-state index in [-0.39, 0.29) is 0 Å². The van der Waals surface area contributed by atoms with Crippen LogP contribution >= 0.6 is 11.8 Å². The van der Waals surface area contributed by atoms with Gasteiger partial charge in [-0.25, -0.2) is 0 Å². The Balaban J connectivity index is 2.14. The van der Waals surface area contributed by atoms with Gasteiger partial charge in [0.05, 0.1) is 0 Å². The Bertz CT molecular complexity index is 187. The second-order valence-corrected chi connectivity index (χ2v) is 6.71. The summed E-state index contributed by atoms with van der Waals surface area (Å²) in [6.07, 6.45) is 11.8. The van der Waals surface area contributed by atoms with Crippen LogP contribution in [0.2, 0.25) is 0 Å². The molecule has 2 aliphatic rings. The van der Waals surface area contributed by atoms with Crippen LogP contribution in [-0.2, 0) is 0 Å². The highest BCUT2D eigenvalue weighted by Gasteiger charge is 2.56. The first kappa shape index (κ1) is 10.9. The monoisotopic (exact) mass is 212 g/mol. The van der Waals surface area contributed by atoms with E-state index in [9.17, 15) is 0 Å². The van der Waals surface area contributed by atoms with Crippen LogP contribution in [0.5, 0.6) is 0 Å². The van der Waals surface area contributed by atoms with Crippen molar-refractivity contribution in [1.82, 2.24) is 0 Å². The molecule has 0 nitrogen and oxygen atoms in total. The van der Waals surface area contributed by atoms with E-state index in [0.29, 0.717) is 4.75 Å². The van der Waals surface area contributed by atoms with Gasteiger partial charge >= 0.3 is 0 Å². The zero-order valence-electron chi connectivity index (χ0n) is 9.77. The molecule has 82 valence electrons. The van der Waals surface area contributed by atoms with Crippen LogP contribution in [0.25, 0.3) is 0 Å². The van der Waals surface area contributed by atoms with E-state index in [1.54, 1.807) is 12.8 Å². The Morgan fingerprint density at radius 1 is 1.00 bits per heavy atom. The number of hydrogen-bond acceptors (Lipinski definition) is 1. The molecule has 0 aromatic rings. The lowest BCUT2D eigenvalue weighted by atomic mass is 9.57. The van der Waals surface area contributed by atoms with Crippen LogP contribution in [0, 0.1) is 5.41 Å². The maximum Gasteiger partial charge on any atom is 0.0216 e. The summed E-state index contributed by atoms with van der Waals surface area (Å²) in [6, 6.07) is 0. The SMILES string of the molecule is CCCC1(CCC)SCCC12CCC2. The van der Waals surface area contributed by atoms with Crippen molar-refractivity contribution in [3.8, 4) is 0 Å². The summed E-state index contributed by atoms with van der Waals surface area (Å²) in [5, 5.41) is 0.